The zero-order valence-electron chi connectivity index (χ0n) is 8.26. The molecule has 7 nitrogen and oxygen atoms in total. The number of carbonyl (C=O) groups excluding carboxylic acids is 1. The number of hydrogen-bond donors (Lipinski definition) is 1. The molecule has 1 aliphatic rings. The van der Waals surface area contributed by atoms with Crippen LogP contribution in [0, 0.1) is 21.4 Å². The third-order valence-corrected chi connectivity index (χ3v) is 1.78. The summed E-state index contributed by atoms with van der Waals surface area (Å²) in [6, 6.07) is 1.66. The van der Waals surface area contributed by atoms with Gasteiger partial charge in [0, 0.05) is 6.08 Å². The Morgan fingerprint density at radius 2 is 2.31 bits per heavy atom. The number of dihydropyridines is 1. The zero-order chi connectivity index (χ0) is 12.1. The lowest BCUT2D eigenvalue weighted by Gasteiger charge is -2.07. The highest BCUT2D eigenvalue weighted by Crippen LogP contribution is 2.11. The molecule has 0 aromatic carbocycles. The number of nitrogens with zero attached hydrogens (tertiary/aromatic N) is 2. The molecule has 0 saturated heterocycles. The number of hydrogen-bond acceptors (Lipinski definition) is 6. The molecule has 16 heavy (non-hydrogen) atoms. The third kappa shape index (κ3) is 2.24. The second-order valence-electron chi connectivity index (χ2n) is 2.70. The Labute approximate surface area is 90.5 Å². The van der Waals surface area contributed by atoms with Gasteiger partial charge in [-0.05, 0) is 6.08 Å². The summed E-state index contributed by atoms with van der Waals surface area (Å²) in [7, 11) is 1.14. The van der Waals surface area contributed by atoms with Crippen molar-refractivity contribution in [1.82, 2.24) is 5.32 Å². The minimum Gasteiger partial charge on any atom is -0.465 e. The molecular formula is C9H7N3O4. The van der Waals surface area contributed by atoms with Gasteiger partial charge in [-0.25, -0.2) is 4.79 Å². The highest BCUT2D eigenvalue weighted by molar-refractivity contribution is 5.94. The van der Waals surface area contributed by atoms with E-state index >= 15 is 0 Å². The van der Waals surface area contributed by atoms with Gasteiger partial charge in [-0.15, -0.1) is 0 Å². The second kappa shape index (κ2) is 4.75. The van der Waals surface area contributed by atoms with E-state index in [-0.39, 0.29) is 17.0 Å². The first-order valence-corrected chi connectivity index (χ1v) is 4.12. The van der Waals surface area contributed by atoms with Crippen LogP contribution in [-0.4, -0.2) is 18.0 Å². The molecule has 1 N–H and O–H groups in total. The van der Waals surface area contributed by atoms with Crippen LogP contribution in [0.5, 0.6) is 0 Å². The van der Waals surface area contributed by atoms with Gasteiger partial charge in [0.05, 0.1) is 23.9 Å². The maximum atomic E-state index is 11.1. The van der Waals surface area contributed by atoms with Crippen molar-refractivity contribution in [1.29, 1.82) is 5.26 Å². The number of esters is 1. The minimum atomic E-state index is -0.799. The minimum absolute atomic E-state index is 0.161. The Morgan fingerprint density at radius 3 is 2.69 bits per heavy atom. The predicted molar refractivity (Wildman–Crippen MR) is 52.0 cm³/mol. The third-order valence-electron chi connectivity index (χ3n) is 1.78. The quantitative estimate of drug-likeness (QED) is 0.235. The Hall–Kier alpha value is -2.62. The number of ether oxygens (including phenoxy) is 1. The predicted octanol–water partition coefficient (Wildman–Crippen LogP) is 0.215. The average Bonchev–Trinajstić information content (AvgIpc) is 2.30. The van der Waals surface area contributed by atoms with E-state index in [2.05, 4.69) is 10.1 Å². The van der Waals surface area contributed by atoms with Crippen molar-refractivity contribution < 1.29 is 14.5 Å². The summed E-state index contributed by atoms with van der Waals surface area (Å²) in [6.45, 7) is 0. The van der Waals surface area contributed by atoms with E-state index in [4.69, 9.17) is 5.26 Å². The normalized spacial score (nSPS) is 16.6. The molecule has 0 atom stereocenters. The van der Waals surface area contributed by atoms with Crippen molar-refractivity contribution >= 4 is 5.97 Å². The van der Waals surface area contributed by atoms with E-state index in [0.717, 1.165) is 13.3 Å². The van der Waals surface area contributed by atoms with Gasteiger partial charge in [-0.2, -0.15) is 5.26 Å². The van der Waals surface area contributed by atoms with Gasteiger partial charge in [-0.3, -0.25) is 10.1 Å². The fraction of sp³-hybridized carbons (Fsp3) is 0.111. The van der Waals surface area contributed by atoms with Crippen molar-refractivity contribution in [3.05, 3.63) is 45.4 Å². The highest BCUT2D eigenvalue weighted by Gasteiger charge is 2.18. The number of methoxy groups -OCH3 is 1. The number of allylic oxidation sites excluding steroid dienone is 2. The molecule has 0 bridgehead atoms. The summed E-state index contributed by atoms with van der Waals surface area (Å²) in [5.74, 6) is -0.799. The van der Waals surface area contributed by atoms with Crippen LogP contribution in [0.3, 0.4) is 0 Å². The number of nitro groups is 1. The molecule has 1 rings (SSSR count). The first kappa shape index (κ1) is 11.5. The van der Waals surface area contributed by atoms with Crippen molar-refractivity contribution in [2.45, 2.75) is 0 Å². The highest BCUT2D eigenvalue weighted by atomic mass is 16.6. The van der Waals surface area contributed by atoms with E-state index < -0.39 is 10.9 Å². The van der Waals surface area contributed by atoms with Crippen molar-refractivity contribution in [2.75, 3.05) is 7.11 Å². The standard InChI is InChI=1S/C9H7N3O4/c1-16-9(13)7(4-10)8-3-2-6(5-11-8)12(14)15/h2-3,5,11H,1H3/b8-7-. The fourth-order valence-corrected chi connectivity index (χ4v) is 1.00. The van der Waals surface area contributed by atoms with E-state index in [9.17, 15) is 14.9 Å². The van der Waals surface area contributed by atoms with E-state index in [1.807, 2.05) is 0 Å². The van der Waals surface area contributed by atoms with Crippen LogP contribution in [-0.2, 0) is 9.53 Å². The van der Waals surface area contributed by atoms with Crippen molar-refractivity contribution in [3.63, 3.8) is 0 Å². The fourth-order valence-electron chi connectivity index (χ4n) is 1.00. The number of rotatable bonds is 2. The maximum Gasteiger partial charge on any atom is 0.350 e. The largest absolute Gasteiger partial charge is 0.465 e. The molecule has 0 amide bonds. The van der Waals surface area contributed by atoms with Gasteiger partial charge in [0.1, 0.15) is 6.07 Å². The van der Waals surface area contributed by atoms with Crippen LogP contribution >= 0.6 is 0 Å². The van der Waals surface area contributed by atoms with Crippen LogP contribution in [0.15, 0.2) is 35.3 Å². The molecular weight excluding hydrogens is 214 g/mol. The lowest BCUT2D eigenvalue weighted by Crippen LogP contribution is -2.17. The van der Waals surface area contributed by atoms with Gasteiger partial charge in [0.2, 0.25) is 0 Å². The Balaban J connectivity index is 3.00. The van der Waals surface area contributed by atoms with Crippen LogP contribution in [0.25, 0.3) is 0 Å². The van der Waals surface area contributed by atoms with Crippen LogP contribution in [0.2, 0.25) is 0 Å². The molecule has 0 aromatic rings. The number of nitrogens with one attached hydrogen (secondary N) is 1. The lowest BCUT2D eigenvalue weighted by molar-refractivity contribution is -0.419. The summed E-state index contributed by atoms with van der Waals surface area (Å²) < 4.78 is 4.38. The Bertz CT molecular complexity index is 468. The van der Waals surface area contributed by atoms with Gasteiger partial charge in [0.15, 0.2) is 5.57 Å². The van der Waals surface area contributed by atoms with Gasteiger partial charge < -0.3 is 10.1 Å². The van der Waals surface area contributed by atoms with Gasteiger partial charge in [0.25, 0.3) is 5.70 Å². The average molecular weight is 221 g/mol. The van der Waals surface area contributed by atoms with E-state index in [1.54, 1.807) is 6.07 Å². The van der Waals surface area contributed by atoms with Crippen LogP contribution in [0.1, 0.15) is 0 Å². The molecule has 0 fully saturated rings. The SMILES string of the molecule is COC(=O)/C(C#N)=C1/C=CC([N+](=O)[O-])=CN1. The van der Waals surface area contributed by atoms with Gasteiger partial charge in [-0.1, -0.05) is 0 Å². The maximum absolute atomic E-state index is 11.1. The van der Waals surface area contributed by atoms with Crippen LogP contribution < -0.4 is 5.32 Å². The summed E-state index contributed by atoms with van der Waals surface area (Å²) in [6.07, 6.45) is 3.55. The number of carbonyl (C=O) groups is 1. The molecule has 0 aromatic heterocycles. The smallest absolute Gasteiger partial charge is 0.350 e. The molecule has 0 aliphatic carbocycles. The Morgan fingerprint density at radius 1 is 1.62 bits per heavy atom. The molecule has 82 valence electrons. The summed E-state index contributed by atoms with van der Waals surface area (Å²) in [4.78, 5) is 20.9. The first-order chi connectivity index (χ1) is 7.60. The summed E-state index contributed by atoms with van der Waals surface area (Å²) >= 11 is 0. The topological polar surface area (TPSA) is 105 Å². The molecule has 0 unspecified atom stereocenters. The summed E-state index contributed by atoms with van der Waals surface area (Å²) in [5, 5.41) is 21.6. The first-order valence-electron chi connectivity index (χ1n) is 4.12. The zero-order valence-corrected chi connectivity index (χ0v) is 8.26. The molecule has 7 heteroatoms. The lowest BCUT2D eigenvalue weighted by atomic mass is 10.1. The Kier molecular flexibility index (Phi) is 3.40. The van der Waals surface area contributed by atoms with E-state index in [0.29, 0.717) is 0 Å². The molecule has 1 heterocycles. The van der Waals surface area contributed by atoms with Crippen molar-refractivity contribution in [2.24, 2.45) is 0 Å². The van der Waals surface area contributed by atoms with Crippen LogP contribution in [0.4, 0.5) is 0 Å². The molecule has 0 saturated carbocycles. The molecule has 0 spiro atoms. The van der Waals surface area contributed by atoms with Gasteiger partial charge >= 0.3 is 5.97 Å². The number of nitriles is 1. The second-order valence-corrected chi connectivity index (χ2v) is 2.70. The monoisotopic (exact) mass is 221 g/mol. The molecule has 1 aliphatic heterocycles. The van der Waals surface area contributed by atoms with E-state index in [1.165, 1.54) is 12.2 Å². The molecule has 0 radical (unpaired) electrons. The summed E-state index contributed by atoms with van der Waals surface area (Å²) in [5.41, 5.74) is -0.233. The van der Waals surface area contributed by atoms with Crippen molar-refractivity contribution in [3.8, 4) is 6.07 Å².